The number of nitrogens with one attached hydrogen (secondary N) is 4. The van der Waals surface area contributed by atoms with Gasteiger partial charge in [-0.15, -0.1) is 11.8 Å². The van der Waals surface area contributed by atoms with Crippen LogP contribution in [-0.2, 0) is 30.6 Å². The van der Waals surface area contributed by atoms with Gasteiger partial charge >= 0.3 is 11.9 Å². The summed E-state index contributed by atoms with van der Waals surface area (Å²) in [6, 6.07) is 6.96. The zero-order chi connectivity index (χ0) is 40.9. The summed E-state index contributed by atoms with van der Waals surface area (Å²) in [6.07, 6.45) is 11.6. The van der Waals surface area contributed by atoms with Gasteiger partial charge in [0.15, 0.2) is 5.13 Å². The number of piperidine rings is 1. The monoisotopic (exact) mass is 817 g/mol. The Kier molecular flexibility index (Phi) is 12.5. The third kappa shape index (κ3) is 9.24. The van der Waals surface area contributed by atoms with Crippen molar-refractivity contribution in [3.63, 3.8) is 0 Å². The number of nitrogen functional groups attached to an aromatic ring is 1. The van der Waals surface area contributed by atoms with Crippen molar-refractivity contribution >= 4 is 69.4 Å². The Morgan fingerprint density at radius 3 is 2.63 bits per heavy atom. The SMILES string of the molecule is C\C=C/C=C1\C(=N\CC2=C(C(=O)O)N3C(=O)[C@@H](NC(=O)/C(=N\OC(C)(C)C(=O)O)c4nsc(N)n4)[C@H]3SC2)C=CN1Cc1ccc(C(=N)NC2CCCNC2)cc1. The zero-order valence-electron chi connectivity index (χ0n) is 31.4. The molecule has 0 saturated carbocycles. The van der Waals surface area contributed by atoms with E-state index in [0.29, 0.717) is 23.7 Å². The fraction of sp³-hybridized carbons (Fsp3) is 0.378. The number of carboxylic acids is 2. The molecule has 1 unspecified atom stereocenters. The second-order valence-corrected chi connectivity index (χ2v) is 15.8. The highest BCUT2D eigenvalue weighted by Gasteiger charge is 2.54. The Bertz CT molecular complexity index is 2120. The van der Waals surface area contributed by atoms with Crippen molar-refractivity contribution in [2.75, 3.05) is 31.1 Å². The summed E-state index contributed by atoms with van der Waals surface area (Å²) in [4.78, 5) is 68.1. The second-order valence-electron chi connectivity index (χ2n) is 13.9. The zero-order valence-corrected chi connectivity index (χ0v) is 33.0. The number of fused-ring (bicyclic) bond motifs is 1. The van der Waals surface area contributed by atoms with Crippen LogP contribution in [0.4, 0.5) is 5.13 Å². The van der Waals surface area contributed by atoms with E-state index in [9.17, 15) is 29.4 Å². The first-order valence-corrected chi connectivity index (χ1v) is 19.9. The van der Waals surface area contributed by atoms with Crippen molar-refractivity contribution in [3.05, 3.63) is 88.7 Å². The summed E-state index contributed by atoms with van der Waals surface area (Å²) in [6.45, 7) is 6.75. The van der Waals surface area contributed by atoms with Crippen molar-refractivity contribution in [3.8, 4) is 0 Å². The lowest BCUT2D eigenvalue weighted by molar-refractivity contribution is -0.161. The number of carboxylic acid groups (broad SMARTS) is 2. The molecule has 3 atom stereocenters. The van der Waals surface area contributed by atoms with Crippen molar-refractivity contribution < 1.29 is 34.2 Å². The lowest BCUT2D eigenvalue weighted by Crippen LogP contribution is -2.71. The summed E-state index contributed by atoms with van der Waals surface area (Å²) in [5.74, 6) is -3.88. The number of nitrogens with zero attached hydrogens (tertiary/aromatic N) is 6. The smallest absolute Gasteiger partial charge is 0.352 e. The fourth-order valence-corrected chi connectivity index (χ4v) is 8.03. The van der Waals surface area contributed by atoms with Gasteiger partial charge in [0, 0.05) is 48.2 Å². The minimum absolute atomic E-state index is 0.00754. The van der Waals surface area contributed by atoms with Crippen LogP contribution in [0.1, 0.15) is 50.6 Å². The van der Waals surface area contributed by atoms with E-state index >= 15 is 0 Å². The lowest BCUT2D eigenvalue weighted by Gasteiger charge is -2.49. The van der Waals surface area contributed by atoms with E-state index in [1.165, 1.54) is 25.6 Å². The molecule has 5 heterocycles. The number of amidine groups is 1. The summed E-state index contributed by atoms with van der Waals surface area (Å²) in [5, 5.41) is 40.4. The molecule has 6 rings (SSSR count). The van der Waals surface area contributed by atoms with E-state index in [-0.39, 0.29) is 35.0 Å². The van der Waals surface area contributed by atoms with Gasteiger partial charge in [0.1, 0.15) is 22.9 Å². The molecule has 0 aliphatic carbocycles. The first kappa shape index (κ1) is 40.8. The number of nitrogens with two attached hydrogens (primary N) is 1. The minimum atomic E-state index is -1.81. The van der Waals surface area contributed by atoms with E-state index in [2.05, 4.69) is 30.5 Å². The van der Waals surface area contributed by atoms with Crippen LogP contribution in [0.2, 0.25) is 0 Å². The number of anilines is 1. The first-order chi connectivity index (χ1) is 27.3. The van der Waals surface area contributed by atoms with Crippen LogP contribution < -0.4 is 21.7 Å². The van der Waals surface area contributed by atoms with E-state index in [1.54, 1.807) is 0 Å². The maximum atomic E-state index is 13.5. The number of amides is 2. The molecule has 2 fully saturated rings. The third-order valence-electron chi connectivity index (χ3n) is 9.40. The molecule has 2 saturated heterocycles. The molecule has 57 heavy (non-hydrogen) atoms. The molecule has 4 aliphatic heterocycles. The molecular formula is C37H43N11O7S2. The summed E-state index contributed by atoms with van der Waals surface area (Å²) < 4.78 is 3.97. The van der Waals surface area contributed by atoms with Gasteiger partial charge in [-0.05, 0) is 63.4 Å². The van der Waals surface area contributed by atoms with Gasteiger partial charge in [-0.25, -0.2) is 9.59 Å². The Hall–Kier alpha value is -5.86. The predicted octanol–water partition coefficient (Wildman–Crippen LogP) is 2.04. The highest BCUT2D eigenvalue weighted by Crippen LogP contribution is 2.40. The van der Waals surface area contributed by atoms with Crippen LogP contribution in [0, 0.1) is 5.41 Å². The number of oxime groups is 1. The topological polar surface area (TPSA) is 261 Å². The largest absolute Gasteiger partial charge is 0.478 e. The Morgan fingerprint density at radius 1 is 1.21 bits per heavy atom. The quantitative estimate of drug-likeness (QED) is 0.0623. The van der Waals surface area contributed by atoms with Crippen molar-refractivity contribution in [1.82, 2.24) is 35.1 Å². The predicted molar refractivity (Wildman–Crippen MR) is 216 cm³/mol. The number of carbonyl (C=O) groups is 4. The highest BCUT2D eigenvalue weighted by molar-refractivity contribution is 8.00. The summed E-state index contributed by atoms with van der Waals surface area (Å²) in [7, 11) is 0. The fourth-order valence-electron chi connectivity index (χ4n) is 6.26. The minimum Gasteiger partial charge on any atom is -0.478 e. The van der Waals surface area contributed by atoms with Gasteiger partial charge in [0.25, 0.3) is 11.8 Å². The van der Waals surface area contributed by atoms with Crippen LogP contribution in [0.3, 0.4) is 0 Å². The van der Waals surface area contributed by atoms with Crippen LogP contribution in [0.5, 0.6) is 0 Å². The Morgan fingerprint density at radius 2 is 1.98 bits per heavy atom. The second kappa shape index (κ2) is 17.5. The first-order valence-electron chi connectivity index (χ1n) is 18.0. The number of allylic oxidation sites excluding steroid dienone is 4. The third-order valence-corrected chi connectivity index (χ3v) is 11.3. The molecule has 4 aliphatic rings. The van der Waals surface area contributed by atoms with Crippen molar-refractivity contribution in [2.45, 2.75) is 63.2 Å². The van der Waals surface area contributed by atoms with E-state index in [1.807, 2.05) is 66.6 Å². The molecule has 300 valence electrons. The van der Waals surface area contributed by atoms with Crippen molar-refractivity contribution in [2.24, 2.45) is 10.1 Å². The van der Waals surface area contributed by atoms with E-state index in [0.717, 1.165) is 59.2 Å². The number of β-lactam (4-membered cyclic amide) rings is 1. The van der Waals surface area contributed by atoms with Gasteiger partial charge in [-0.1, -0.05) is 41.6 Å². The number of rotatable bonds is 14. The number of aromatic nitrogens is 2. The summed E-state index contributed by atoms with van der Waals surface area (Å²) >= 11 is 2.04. The molecule has 1 aromatic heterocycles. The number of aliphatic imine (C=N–C) groups is 1. The number of hydrogen-bond acceptors (Lipinski definition) is 15. The van der Waals surface area contributed by atoms with Crippen LogP contribution in [-0.4, -0.2) is 119 Å². The normalized spacial score (nSPS) is 22.5. The Balaban J connectivity index is 1.13. The Labute approximate surface area is 336 Å². The number of thioether (sulfide) groups is 1. The van der Waals surface area contributed by atoms with E-state index in [4.69, 9.17) is 21.0 Å². The molecule has 0 bridgehead atoms. The summed E-state index contributed by atoms with van der Waals surface area (Å²) in [5.41, 5.74) is 6.87. The molecule has 2 amide bonds. The number of benzene rings is 1. The molecular weight excluding hydrogens is 775 g/mol. The average Bonchev–Trinajstić information content (AvgIpc) is 3.79. The molecule has 18 nitrogen and oxygen atoms in total. The van der Waals surface area contributed by atoms with Crippen LogP contribution >= 0.6 is 23.3 Å². The van der Waals surface area contributed by atoms with Gasteiger partial charge in [0.05, 0.1) is 18.0 Å². The average molecular weight is 818 g/mol. The molecule has 2 aromatic rings. The standard InChI is InChI=1S/C37H43N11O7S2/c1-4-5-8-25-24(13-15-47(25)18-20-9-11-21(12-10-20)29(38)42-23-7-6-14-40-17-23)41-16-22-19-56-33-27(32(50)48(33)28(22)34(51)52)43-31(49)26(30-44-36(39)57-46-30)45-55-37(2,3)35(53)54/h4-5,8-13,15,23,27,33,40H,6-7,14,16-19H2,1-3H3,(H2,38,42)(H,43,49)(H,51,52)(H,53,54)(H2,39,44,46)/b5-4-,25-8+,41-24+,45-26-/t23?,27-,33-/m1/s1. The van der Waals surface area contributed by atoms with Gasteiger partial charge in [-0.3, -0.25) is 24.9 Å². The van der Waals surface area contributed by atoms with Gasteiger partial charge < -0.3 is 41.6 Å². The van der Waals surface area contributed by atoms with Gasteiger partial charge in [-0.2, -0.15) is 9.36 Å². The number of aliphatic carboxylic acids is 2. The molecule has 1 aromatic carbocycles. The van der Waals surface area contributed by atoms with Crippen molar-refractivity contribution in [1.29, 1.82) is 5.41 Å². The van der Waals surface area contributed by atoms with E-state index < -0.39 is 46.5 Å². The lowest BCUT2D eigenvalue weighted by atomic mass is 10.0. The highest BCUT2D eigenvalue weighted by atomic mass is 32.2. The molecule has 8 N–H and O–H groups in total. The molecule has 0 radical (unpaired) electrons. The molecule has 0 spiro atoms. The molecule has 20 heteroatoms. The van der Waals surface area contributed by atoms with Gasteiger partial charge in [0.2, 0.25) is 17.1 Å². The number of carbonyl (C=O) groups excluding carboxylic acids is 2. The van der Waals surface area contributed by atoms with Crippen LogP contribution in [0.25, 0.3) is 0 Å². The van der Waals surface area contributed by atoms with Crippen LogP contribution in [0.15, 0.2) is 81.9 Å². The maximum Gasteiger partial charge on any atom is 0.352 e. The number of hydrogen-bond donors (Lipinski definition) is 7. The maximum absolute atomic E-state index is 13.5.